The maximum atomic E-state index is 12.2. The molecule has 3 rings (SSSR count). The van der Waals surface area contributed by atoms with Gasteiger partial charge in [0, 0.05) is 0 Å². The number of nitrogen functional groups attached to an aromatic ring is 2. The lowest BCUT2D eigenvalue weighted by Crippen LogP contribution is -2.28. The molecule has 0 aliphatic rings. The fraction of sp³-hybridized carbons (Fsp3) is 0.176. The highest BCUT2D eigenvalue weighted by molar-refractivity contribution is 7.99. The zero-order valence-electron chi connectivity index (χ0n) is 13.6. The summed E-state index contributed by atoms with van der Waals surface area (Å²) >= 11 is 1.16. The second kappa shape index (κ2) is 7.35. The Kier molecular flexibility index (Phi) is 4.99. The van der Waals surface area contributed by atoms with Crippen LogP contribution >= 0.6 is 11.8 Å². The lowest BCUT2D eigenvalue weighted by molar-refractivity contribution is -0.119. The lowest BCUT2D eigenvalue weighted by Gasteiger charge is -2.15. The summed E-state index contributed by atoms with van der Waals surface area (Å²) in [5.74, 6) is 0.129. The molecule has 1 atom stereocenters. The summed E-state index contributed by atoms with van der Waals surface area (Å²) < 4.78 is 0. The van der Waals surface area contributed by atoms with Gasteiger partial charge < -0.3 is 16.8 Å². The number of amides is 1. The van der Waals surface area contributed by atoms with Gasteiger partial charge in [-0.1, -0.05) is 48.2 Å². The van der Waals surface area contributed by atoms with Crippen molar-refractivity contribution in [2.45, 2.75) is 18.1 Å². The van der Waals surface area contributed by atoms with Gasteiger partial charge in [0.15, 0.2) is 5.16 Å². The van der Waals surface area contributed by atoms with E-state index in [-0.39, 0.29) is 29.6 Å². The number of thioether (sulfide) groups is 1. The zero-order chi connectivity index (χ0) is 17.8. The van der Waals surface area contributed by atoms with E-state index in [4.69, 9.17) is 11.5 Å². The number of benzene rings is 2. The van der Waals surface area contributed by atoms with Gasteiger partial charge in [0.1, 0.15) is 0 Å². The molecule has 0 fully saturated rings. The molecule has 0 saturated heterocycles. The molecule has 1 aromatic heterocycles. The summed E-state index contributed by atoms with van der Waals surface area (Å²) in [6.45, 7) is 1.95. The molecule has 1 heterocycles. The van der Waals surface area contributed by atoms with Crippen molar-refractivity contribution in [3.8, 4) is 0 Å². The third-order valence-electron chi connectivity index (χ3n) is 3.63. The average molecular weight is 354 g/mol. The van der Waals surface area contributed by atoms with Crippen molar-refractivity contribution in [3.63, 3.8) is 0 Å². The van der Waals surface area contributed by atoms with Gasteiger partial charge >= 0.3 is 0 Å². The van der Waals surface area contributed by atoms with E-state index in [1.165, 1.54) is 5.39 Å². The van der Waals surface area contributed by atoms with Crippen LogP contribution in [0.3, 0.4) is 0 Å². The molecule has 128 valence electrons. The molecule has 0 aliphatic carbocycles. The number of nitrogens with one attached hydrogen (secondary N) is 1. The van der Waals surface area contributed by atoms with Gasteiger partial charge in [-0.05, 0) is 29.3 Å². The molecule has 3 aromatic rings. The van der Waals surface area contributed by atoms with E-state index < -0.39 is 0 Å². The number of nitrogens with two attached hydrogens (primary N) is 2. The molecule has 25 heavy (non-hydrogen) atoms. The predicted octanol–water partition coefficient (Wildman–Crippen LogP) is 2.16. The standard InChI is InChI=1S/C17H18N6OS/c1-10(12-7-6-11-4-2-3-5-13(11)8-12)20-14(24)9-25-17-22-15(18)21-16(19)23-17/h2-8,10H,9H2,1H3,(H,20,24)(H4,18,19,21,22,23). The van der Waals surface area contributed by atoms with Crippen molar-refractivity contribution in [1.82, 2.24) is 20.3 Å². The molecule has 5 N–H and O–H groups in total. The monoisotopic (exact) mass is 354 g/mol. The van der Waals surface area contributed by atoms with Crippen molar-refractivity contribution in [2.75, 3.05) is 17.2 Å². The van der Waals surface area contributed by atoms with Crippen LogP contribution in [-0.2, 0) is 4.79 Å². The Morgan fingerprint density at radius 3 is 2.48 bits per heavy atom. The molecule has 0 saturated carbocycles. The second-order valence-corrected chi connectivity index (χ2v) is 6.46. The van der Waals surface area contributed by atoms with Crippen molar-refractivity contribution >= 4 is 40.3 Å². The van der Waals surface area contributed by atoms with Gasteiger partial charge in [0.2, 0.25) is 17.8 Å². The molecule has 0 spiro atoms. The van der Waals surface area contributed by atoms with Crippen LogP contribution in [-0.4, -0.2) is 26.6 Å². The van der Waals surface area contributed by atoms with Gasteiger partial charge in [-0.3, -0.25) is 4.79 Å². The molecule has 0 radical (unpaired) electrons. The van der Waals surface area contributed by atoms with E-state index in [1.807, 2.05) is 25.1 Å². The molecular weight excluding hydrogens is 336 g/mol. The van der Waals surface area contributed by atoms with Gasteiger partial charge in [-0.2, -0.15) is 15.0 Å². The lowest BCUT2D eigenvalue weighted by atomic mass is 10.0. The largest absolute Gasteiger partial charge is 0.368 e. The normalized spacial score (nSPS) is 12.0. The van der Waals surface area contributed by atoms with Crippen LogP contribution in [0.25, 0.3) is 10.8 Å². The summed E-state index contributed by atoms with van der Waals surface area (Å²) in [5, 5.41) is 5.62. The fourth-order valence-corrected chi connectivity index (χ4v) is 3.09. The van der Waals surface area contributed by atoms with Crippen LogP contribution < -0.4 is 16.8 Å². The van der Waals surface area contributed by atoms with E-state index in [2.05, 4.69) is 44.5 Å². The zero-order valence-corrected chi connectivity index (χ0v) is 14.5. The van der Waals surface area contributed by atoms with E-state index >= 15 is 0 Å². The van der Waals surface area contributed by atoms with E-state index in [1.54, 1.807) is 0 Å². The summed E-state index contributed by atoms with van der Waals surface area (Å²) in [6.07, 6.45) is 0. The van der Waals surface area contributed by atoms with Crippen LogP contribution in [0.15, 0.2) is 47.6 Å². The third kappa shape index (κ3) is 4.36. The highest BCUT2D eigenvalue weighted by Gasteiger charge is 2.12. The minimum atomic E-state index is -0.122. The number of hydrogen-bond donors (Lipinski definition) is 3. The molecule has 8 heteroatoms. The number of rotatable bonds is 5. The summed E-state index contributed by atoms with van der Waals surface area (Å²) in [5.41, 5.74) is 12.1. The maximum absolute atomic E-state index is 12.2. The van der Waals surface area contributed by atoms with Crippen molar-refractivity contribution in [2.24, 2.45) is 0 Å². The molecular formula is C17H18N6OS. The Balaban J connectivity index is 1.61. The molecule has 1 amide bonds. The fourth-order valence-electron chi connectivity index (χ4n) is 2.43. The quantitative estimate of drug-likeness (QED) is 0.600. The van der Waals surface area contributed by atoms with Crippen LogP contribution in [0.1, 0.15) is 18.5 Å². The number of carbonyl (C=O) groups is 1. The highest BCUT2D eigenvalue weighted by Crippen LogP contribution is 2.21. The molecule has 1 unspecified atom stereocenters. The minimum Gasteiger partial charge on any atom is -0.368 e. The summed E-state index contributed by atoms with van der Waals surface area (Å²) in [4.78, 5) is 23.7. The predicted molar refractivity (Wildman–Crippen MR) is 99.9 cm³/mol. The third-order valence-corrected chi connectivity index (χ3v) is 4.48. The van der Waals surface area contributed by atoms with Crippen LogP contribution in [0.4, 0.5) is 11.9 Å². The van der Waals surface area contributed by atoms with E-state index in [0.29, 0.717) is 5.16 Å². The Bertz CT molecular complexity index is 896. The summed E-state index contributed by atoms with van der Waals surface area (Å²) in [6, 6.07) is 14.2. The minimum absolute atomic E-state index is 0.0416. The smallest absolute Gasteiger partial charge is 0.230 e. The first-order valence-corrected chi connectivity index (χ1v) is 8.68. The second-order valence-electron chi connectivity index (χ2n) is 5.52. The number of hydrogen-bond acceptors (Lipinski definition) is 7. The Morgan fingerprint density at radius 2 is 1.76 bits per heavy atom. The van der Waals surface area contributed by atoms with Gasteiger partial charge in [-0.25, -0.2) is 0 Å². The number of fused-ring (bicyclic) bond motifs is 1. The van der Waals surface area contributed by atoms with Crippen LogP contribution in [0.2, 0.25) is 0 Å². The van der Waals surface area contributed by atoms with E-state index in [0.717, 1.165) is 22.7 Å². The van der Waals surface area contributed by atoms with Crippen molar-refractivity contribution in [1.29, 1.82) is 0 Å². The Hall–Kier alpha value is -2.87. The number of aromatic nitrogens is 3. The number of anilines is 2. The molecule has 0 bridgehead atoms. The summed E-state index contributed by atoms with van der Waals surface area (Å²) in [7, 11) is 0. The van der Waals surface area contributed by atoms with E-state index in [9.17, 15) is 4.79 Å². The number of nitrogens with zero attached hydrogens (tertiary/aromatic N) is 3. The van der Waals surface area contributed by atoms with Crippen molar-refractivity contribution in [3.05, 3.63) is 48.0 Å². The SMILES string of the molecule is CC(NC(=O)CSc1nc(N)nc(N)n1)c1ccc2ccccc2c1. The molecule has 7 nitrogen and oxygen atoms in total. The van der Waals surface area contributed by atoms with Gasteiger partial charge in [-0.15, -0.1) is 0 Å². The van der Waals surface area contributed by atoms with Crippen LogP contribution in [0.5, 0.6) is 0 Å². The first kappa shape index (κ1) is 17.0. The van der Waals surface area contributed by atoms with Gasteiger partial charge in [0.25, 0.3) is 0 Å². The number of carbonyl (C=O) groups excluding carboxylic acids is 1. The maximum Gasteiger partial charge on any atom is 0.230 e. The first-order valence-electron chi connectivity index (χ1n) is 7.69. The van der Waals surface area contributed by atoms with Crippen molar-refractivity contribution < 1.29 is 4.79 Å². The highest BCUT2D eigenvalue weighted by atomic mass is 32.2. The first-order chi connectivity index (χ1) is 12.0. The topological polar surface area (TPSA) is 120 Å². The Morgan fingerprint density at radius 1 is 1.08 bits per heavy atom. The van der Waals surface area contributed by atoms with Gasteiger partial charge in [0.05, 0.1) is 11.8 Å². The van der Waals surface area contributed by atoms with Crippen LogP contribution in [0, 0.1) is 0 Å². The molecule has 0 aliphatic heterocycles. The Labute approximate surface area is 149 Å². The average Bonchev–Trinajstić information content (AvgIpc) is 2.58. The molecule has 2 aromatic carbocycles.